The zero-order chi connectivity index (χ0) is 20.2. The summed E-state index contributed by atoms with van der Waals surface area (Å²) in [5.41, 5.74) is 3.52. The number of thiophene rings is 1. The summed E-state index contributed by atoms with van der Waals surface area (Å²) in [6.07, 6.45) is 1.58. The monoisotopic (exact) mass is 419 g/mol. The fourth-order valence-corrected chi connectivity index (χ4v) is 4.97. The zero-order valence-electron chi connectivity index (χ0n) is 16.3. The number of carbonyl (C=O) groups is 1. The second kappa shape index (κ2) is 8.76. The highest BCUT2D eigenvalue weighted by molar-refractivity contribution is 8.00. The molecule has 4 nitrogen and oxygen atoms in total. The Hall–Kier alpha value is -2.70. The number of aromatic nitrogens is 2. The van der Waals surface area contributed by atoms with E-state index in [1.54, 1.807) is 22.6 Å². The van der Waals surface area contributed by atoms with Crippen LogP contribution in [0.15, 0.2) is 72.0 Å². The van der Waals surface area contributed by atoms with Gasteiger partial charge in [0, 0.05) is 23.9 Å². The van der Waals surface area contributed by atoms with Crippen LogP contribution in [0.2, 0.25) is 0 Å². The van der Waals surface area contributed by atoms with Crippen LogP contribution in [0.5, 0.6) is 0 Å². The van der Waals surface area contributed by atoms with Crippen LogP contribution in [-0.2, 0) is 11.3 Å². The Balaban J connectivity index is 1.45. The van der Waals surface area contributed by atoms with E-state index in [1.165, 1.54) is 22.9 Å². The van der Waals surface area contributed by atoms with Crippen molar-refractivity contribution in [1.82, 2.24) is 14.9 Å². The molecule has 6 heteroatoms. The number of hydrogen-bond acceptors (Lipinski definition) is 5. The Kier molecular flexibility index (Phi) is 5.92. The normalized spacial score (nSPS) is 11.0. The molecule has 0 aliphatic heterocycles. The number of thioether (sulfide) groups is 1. The van der Waals surface area contributed by atoms with Crippen molar-refractivity contribution in [3.8, 4) is 10.4 Å². The standard InChI is InChI=1S/C23H21N3OS2/c1-16-8-10-17(11-9-16)13-26(2)21(27)14-28-22-19-12-20(18-6-4-3-5-7-18)29-23(19)25-15-24-22/h3-12,15H,13-14H2,1-2H3. The lowest BCUT2D eigenvalue weighted by Gasteiger charge is -2.17. The van der Waals surface area contributed by atoms with Crippen LogP contribution < -0.4 is 0 Å². The van der Waals surface area contributed by atoms with Crippen LogP contribution in [0.25, 0.3) is 20.7 Å². The summed E-state index contributed by atoms with van der Waals surface area (Å²) in [6, 6.07) is 20.7. The van der Waals surface area contributed by atoms with E-state index >= 15 is 0 Å². The Morgan fingerprint density at radius 2 is 1.83 bits per heavy atom. The van der Waals surface area contributed by atoms with Gasteiger partial charge in [-0.1, -0.05) is 71.9 Å². The minimum Gasteiger partial charge on any atom is -0.341 e. The molecule has 2 heterocycles. The van der Waals surface area contributed by atoms with Gasteiger partial charge in [-0.3, -0.25) is 4.79 Å². The van der Waals surface area contributed by atoms with Crippen molar-refractivity contribution in [3.63, 3.8) is 0 Å². The van der Waals surface area contributed by atoms with E-state index in [9.17, 15) is 4.79 Å². The first-order valence-corrected chi connectivity index (χ1v) is 11.1. The van der Waals surface area contributed by atoms with Crippen molar-refractivity contribution < 1.29 is 4.79 Å². The molecule has 2 aromatic carbocycles. The summed E-state index contributed by atoms with van der Waals surface area (Å²) in [7, 11) is 1.84. The fourth-order valence-electron chi connectivity index (χ4n) is 2.99. The summed E-state index contributed by atoms with van der Waals surface area (Å²) in [4.78, 5) is 25.3. The number of nitrogens with zero attached hydrogens (tertiary/aromatic N) is 3. The second-order valence-electron chi connectivity index (χ2n) is 6.90. The minimum absolute atomic E-state index is 0.0841. The lowest BCUT2D eigenvalue weighted by Crippen LogP contribution is -2.27. The van der Waals surface area contributed by atoms with Crippen molar-refractivity contribution in [2.24, 2.45) is 0 Å². The van der Waals surface area contributed by atoms with Crippen molar-refractivity contribution in [1.29, 1.82) is 0 Å². The van der Waals surface area contributed by atoms with Gasteiger partial charge in [0.25, 0.3) is 0 Å². The number of carbonyl (C=O) groups excluding carboxylic acids is 1. The van der Waals surface area contributed by atoms with E-state index in [0.29, 0.717) is 12.3 Å². The molecule has 0 saturated carbocycles. The Morgan fingerprint density at radius 1 is 1.07 bits per heavy atom. The number of rotatable bonds is 6. The largest absolute Gasteiger partial charge is 0.341 e. The number of hydrogen-bond donors (Lipinski definition) is 0. The maximum atomic E-state index is 12.6. The van der Waals surface area contributed by atoms with Crippen LogP contribution >= 0.6 is 23.1 Å². The van der Waals surface area contributed by atoms with Gasteiger partial charge >= 0.3 is 0 Å². The molecule has 0 bridgehead atoms. The predicted octanol–water partition coefficient (Wildman–Crippen LogP) is 5.42. The number of aryl methyl sites for hydroxylation is 1. The van der Waals surface area contributed by atoms with E-state index < -0.39 is 0 Å². The first-order valence-electron chi connectivity index (χ1n) is 9.32. The summed E-state index contributed by atoms with van der Waals surface area (Å²) >= 11 is 3.12. The Morgan fingerprint density at radius 3 is 2.59 bits per heavy atom. The fraction of sp³-hybridized carbons (Fsp3) is 0.174. The molecule has 29 heavy (non-hydrogen) atoms. The number of amides is 1. The SMILES string of the molecule is Cc1ccc(CN(C)C(=O)CSc2ncnc3sc(-c4ccccc4)cc23)cc1. The summed E-state index contributed by atoms with van der Waals surface area (Å²) in [5.74, 6) is 0.436. The highest BCUT2D eigenvalue weighted by Gasteiger charge is 2.14. The molecule has 0 spiro atoms. The molecule has 0 saturated heterocycles. The van der Waals surface area contributed by atoms with Crippen molar-refractivity contribution >= 4 is 39.2 Å². The van der Waals surface area contributed by atoms with E-state index in [4.69, 9.17) is 0 Å². The smallest absolute Gasteiger partial charge is 0.233 e. The minimum atomic E-state index is 0.0841. The molecule has 0 unspecified atom stereocenters. The quantitative estimate of drug-likeness (QED) is 0.309. The third-order valence-electron chi connectivity index (χ3n) is 4.65. The van der Waals surface area contributed by atoms with Gasteiger partial charge in [0.2, 0.25) is 5.91 Å². The van der Waals surface area contributed by atoms with Gasteiger partial charge in [-0.15, -0.1) is 11.3 Å². The summed E-state index contributed by atoms with van der Waals surface area (Å²) < 4.78 is 0. The van der Waals surface area contributed by atoms with Crippen LogP contribution in [-0.4, -0.2) is 33.6 Å². The topological polar surface area (TPSA) is 46.1 Å². The maximum absolute atomic E-state index is 12.6. The van der Waals surface area contributed by atoms with Crippen molar-refractivity contribution in [2.45, 2.75) is 18.5 Å². The molecular formula is C23H21N3OS2. The highest BCUT2D eigenvalue weighted by atomic mass is 32.2. The van der Waals surface area contributed by atoms with Gasteiger partial charge in [-0.05, 0) is 24.1 Å². The lowest BCUT2D eigenvalue weighted by molar-refractivity contribution is -0.127. The van der Waals surface area contributed by atoms with Gasteiger partial charge in [0.1, 0.15) is 16.2 Å². The van der Waals surface area contributed by atoms with Crippen molar-refractivity contribution in [3.05, 3.63) is 78.1 Å². The lowest BCUT2D eigenvalue weighted by atomic mass is 10.1. The van der Waals surface area contributed by atoms with Crippen LogP contribution in [0, 0.1) is 6.92 Å². The van der Waals surface area contributed by atoms with Gasteiger partial charge in [-0.2, -0.15) is 0 Å². The molecule has 0 N–H and O–H groups in total. The van der Waals surface area contributed by atoms with Crippen LogP contribution in [0.3, 0.4) is 0 Å². The van der Waals surface area contributed by atoms with Gasteiger partial charge in [0.05, 0.1) is 5.75 Å². The van der Waals surface area contributed by atoms with Crippen LogP contribution in [0.4, 0.5) is 0 Å². The van der Waals surface area contributed by atoms with Gasteiger partial charge in [-0.25, -0.2) is 9.97 Å². The average molecular weight is 420 g/mol. The molecule has 0 atom stereocenters. The van der Waals surface area contributed by atoms with Gasteiger partial charge < -0.3 is 4.90 Å². The average Bonchev–Trinajstić information content (AvgIpc) is 3.19. The second-order valence-corrected chi connectivity index (χ2v) is 8.89. The van der Waals surface area contributed by atoms with Gasteiger partial charge in [0.15, 0.2) is 0 Å². The molecule has 0 radical (unpaired) electrons. The summed E-state index contributed by atoms with van der Waals surface area (Å²) in [6.45, 7) is 2.67. The molecular weight excluding hydrogens is 398 g/mol. The molecule has 1 amide bonds. The van der Waals surface area contributed by atoms with E-state index in [0.717, 1.165) is 25.7 Å². The molecule has 0 fully saturated rings. The highest BCUT2D eigenvalue weighted by Crippen LogP contribution is 2.36. The first kappa shape index (κ1) is 19.6. The first-order chi connectivity index (χ1) is 14.1. The summed E-state index contributed by atoms with van der Waals surface area (Å²) in [5, 5.41) is 1.86. The van der Waals surface area contributed by atoms with E-state index in [2.05, 4.69) is 59.4 Å². The number of benzene rings is 2. The molecule has 0 aliphatic carbocycles. The zero-order valence-corrected chi connectivity index (χ0v) is 18.0. The molecule has 4 aromatic rings. The Bertz CT molecular complexity index is 1120. The molecule has 2 aromatic heterocycles. The van der Waals surface area contributed by atoms with E-state index in [1.807, 2.05) is 25.2 Å². The molecule has 4 rings (SSSR count). The number of fused-ring (bicyclic) bond motifs is 1. The predicted molar refractivity (Wildman–Crippen MR) is 121 cm³/mol. The third kappa shape index (κ3) is 4.66. The van der Waals surface area contributed by atoms with Crippen LogP contribution in [0.1, 0.15) is 11.1 Å². The maximum Gasteiger partial charge on any atom is 0.233 e. The Labute approximate surface area is 178 Å². The van der Waals surface area contributed by atoms with E-state index in [-0.39, 0.29) is 5.91 Å². The third-order valence-corrected chi connectivity index (χ3v) is 6.73. The molecule has 146 valence electrons. The molecule has 0 aliphatic rings. The van der Waals surface area contributed by atoms with Crippen molar-refractivity contribution in [2.75, 3.05) is 12.8 Å².